The van der Waals surface area contributed by atoms with Gasteiger partial charge in [0.2, 0.25) is 5.78 Å². The number of hydrogen-bond acceptors (Lipinski definition) is 3. The number of aromatic nitrogens is 2. The highest BCUT2D eigenvalue weighted by atomic mass is 127. The molecule has 0 saturated carbocycles. The smallest absolute Gasteiger partial charge is 0.303 e. The number of rotatable bonds is 2. The molecule has 0 spiro atoms. The van der Waals surface area contributed by atoms with Crippen molar-refractivity contribution in [2.24, 2.45) is 14.1 Å². The third-order valence-electron chi connectivity index (χ3n) is 2.81. The fourth-order valence-corrected chi connectivity index (χ4v) is 2.39. The predicted octanol–water partition coefficient (Wildman–Crippen LogP) is 0.920. The number of carbonyl (C=O) groups is 1. The molecule has 98 valence electrons. The summed E-state index contributed by atoms with van der Waals surface area (Å²) in [7, 11) is 2.87. The Morgan fingerprint density at radius 2 is 1.74 bits per heavy atom. The van der Waals surface area contributed by atoms with Crippen LogP contribution in [-0.2, 0) is 14.1 Å². The molecule has 6 heteroatoms. The van der Waals surface area contributed by atoms with E-state index >= 15 is 0 Å². The normalized spacial score (nSPS) is 10.5. The molecule has 0 aliphatic rings. The summed E-state index contributed by atoms with van der Waals surface area (Å²) < 4.78 is 2.93. The van der Waals surface area contributed by atoms with Crippen molar-refractivity contribution >= 4 is 28.4 Å². The van der Waals surface area contributed by atoms with Crippen molar-refractivity contribution in [3.05, 3.63) is 66.0 Å². The quantitative estimate of drug-likeness (QED) is 0.584. The van der Waals surface area contributed by atoms with E-state index in [1.54, 1.807) is 18.2 Å². The summed E-state index contributed by atoms with van der Waals surface area (Å²) in [6.07, 6.45) is 1.29. The first-order valence-corrected chi connectivity index (χ1v) is 6.57. The molecule has 0 bridgehead atoms. The number of halogens is 1. The van der Waals surface area contributed by atoms with Crippen molar-refractivity contribution in [3.63, 3.8) is 0 Å². The summed E-state index contributed by atoms with van der Waals surface area (Å²) in [5.74, 6) is -0.374. The van der Waals surface area contributed by atoms with Crippen molar-refractivity contribution in [2.45, 2.75) is 0 Å². The first-order valence-electron chi connectivity index (χ1n) is 5.49. The number of ketones is 1. The molecule has 5 nitrogen and oxygen atoms in total. The minimum absolute atomic E-state index is 0.00582. The third-order valence-corrected chi connectivity index (χ3v) is 3.75. The number of hydrogen-bond donors (Lipinski definition) is 0. The van der Waals surface area contributed by atoms with Crippen molar-refractivity contribution in [2.75, 3.05) is 0 Å². The summed E-state index contributed by atoms with van der Waals surface area (Å²) >= 11 is 2.04. The third kappa shape index (κ3) is 2.40. The predicted molar refractivity (Wildman–Crippen MR) is 79.5 cm³/mol. The maximum Gasteiger partial charge on any atom is 0.330 e. The number of benzene rings is 1. The van der Waals surface area contributed by atoms with Crippen molar-refractivity contribution in [1.82, 2.24) is 9.13 Å². The zero-order valence-corrected chi connectivity index (χ0v) is 12.5. The zero-order chi connectivity index (χ0) is 14.2. The Kier molecular flexibility index (Phi) is 3.70. The molecular formula is C13H11IN2O3. The second-order valence-electron chi connectivity index (χ2n) is 4.11. The Hall–Kier alpha value is -1.70. The molecule has 0 aliphatic carbocycles. The van der Waals surface area contributed by atoms with Crippen LogP contribution in [0.25, 0.3) is 0 Å². The highest BCUT2D eigenvalue weighted by Gasteiger charge is 2.18. The average molecular weight is 370 g/mol. The van der Waals surface area contributed by atoms with Crippen LogP contribution < -0.4 is 11.2 Å². The Bertz CT molecular complexity index is 774. The van der Waals surface area contributed by atoms with Gasteiger partial charge in [-0.2, -0.15) is 0 Å². The molecule has 19 heavy (non-hydrogen) atoms. The summed E-state index contributed by atoms with van der Waals surface area (Å²) in [5.41, 5.74) is -0.579. The SMILES string of the molecule is Cn1cc(C(=O)c2ccccc2I)c(=O)n(C)c1=O. The molecule has 0 fully saturated rings. The lowest BCUT2D eigenvalue weighted by Gasteiger charge is -2.07. The average Bonchev–Trinajstić information content (AvgIpc) is 2.40. The molecule has 2 aromatic rings. The van der Waals surface area contributed by atoms with Gasteiger partial charge in [-0.3, -0.25) is 14.2 Å². The van der Waals surface area contributed by atoms with Gasteiger partial charge in [-0.1, -0.05) is 12.1 Å². The van der Waals surface area contributed by atoms with Gasteiger partial charge in [-0.05, 0) is 34.7 Å². The van der Waals surface area contributed by atoms with Crippen LogP contribution in [0.5, 0.6) is 0 Å². The Balaban J connectivity index is 2.68. The molecule has 1 heterocycles. The van der Waals surface area contributed by atoms with E-state index in [0.717, 1.165) is 8.14 Å². The summed E-state index contributed by atoms with van der Waals surface area (Å²) in [6.45, 7) is 0. The molecule has 0 saturated heterocycles. The van der Waals surface area contributed by atoms with E-state index in [-0.39, 0.29) is 11.3 Å². The lowest BCUT2D eigenvalue weighted by Crippen LogP contribution is -2.39. The van der Waals surface area contributed by atoms with Crippen molar-refractivity contribution < 1.29 is 4.79 Å². The summed E-state index contributed by atoms with van der Waals surface area (Å²) in [6, 6.07) is 7.01. The molecule has 2 rings (SSSR count). The number of nitrogens with zero attached hydrogens (tertiary/aromatic N) is 2. The maximum atomic E-state index is 12.4. The number of carbonyl (C=O) groups excluding carboxylic acids is 1. The van der Waals surface area contributed by atoms with Crippen LogP contribution in [0.4, 0.5) is 0 Å². The topological polar surface area (TPSA) is 61.1 Å². The van der Waals surface area contributed by atoms with E-state index in [2.05, 4.69) is 0 Å². The van der Waals surface area contributed by atoms with Crippen LogP contribution in [0.3, 0.4) is 0 Å². The maximum absolute atomic E-state index is 12.4. The van der Waals surface area contributed by atoms with Gasteiger partial charge in [0.05, 0.1) is 0 Å². The minimum Gasteiger partial charge on any atom is -0.303 e. The molecule has 0 atom stereocenters. The fourth-order valence-electron chi connectivity index (χ4n) is 1.75. The molecule has 0 N–H and O–H groups in total. The molecule has 0 aliphatic heterocycles. The fraction of sp³-hybridized carbons (Fsp3) is 0.154. The van der Waals surface area contributed by atoms with E-state index in [1.807, 2.05) is 28.7 Å². The van der Waals surface area contributed by atoms with Gasteiger partial charge in [0.25, 0.3) is 5.56 Å². The van der Waals surface area contributed by atoms with Crippen LogP contribution in [0.2, 0.25) is 0 Å². The Morgan fingerprint density at radius 3 is 2.37 bits per heavy atom. The highest BCUT2D eigenvalue weighted by Crippen LogP contribution is 2.14. The highest BCUT2D eigenvalue weighted by molar-refractivity contribution is 14.1. The van der Waals surface area contributed by atoms with Crippen LogP contribution >= 0.6 is 22.6 Å². The van der Waals surface area contributed by atoms with Crippen LogP contribution in [0, 0.1) is 3.57 Å². The Morgan fingerprint density at radius 1 is 1.11 bits per heavy atom. The van der Waals surface area contributed by atoms with E-state index in [4.69, 9.17) is 0 Å². The van der Waals surface area contributed by atoms with Crippen molar-refractivity contribution in [1.29, 1.82) is 0 Å². The van der Waals surface area contributed by atoms with Gasteiger partial charge >= 0.3 is 5.69 Å². The second kappa shape index (κ2) is 5.12. The van der Waals surface area contributed by atoms with Gasteiger partial charge in [0, 0.05) is 29.4 Å². The lowest BCUT2D eigenvalue weighted by atomic mass is 10.1. The Labute approximate surface area is 122 Å². The minimum atomic E-state index is -0.576. The van der Waals surface area contributed by atoms with E-state index in [1.165, 1.54) is 24.9 Å². The molecule has 1 aromatic heterocycles. The molecule has 0 unspecified atom stereocenters. The number of aryl methyl sites for hydroxylation is 1. The van der Waals surface area contributed by atoms with Crippen LogP contribution in [-0.4, -0.2) is 14.9 Å². The first-order chi connectivity index (χ1) is 8.93. The van der Waals surface area contributed by atoms with Gasteiger partial charge < -0.3 is 4.57 Å². The van der Waals surface area contributed by atoms with Crippen molar-refractivity contribution in [3.8, 4) is 0 Å². The van der Waals surface area contributed by atoms with E-state index in [0.29, 0.717) is 5.56 Å². The van der Waals surface area contributed by atoms with Gasteiger partial charge in [-0.15, -0.1) is 0 Å². The van der Waals surface area contributed by atoms with Gasteiger partial charge in [0.1, 0.15) is 5.56 Å². The molecule has 0 radical (unpaired) electrons. The van der Waals surface area contributed by atoms with Crippen LogP contribution in [0.15, 0.2) is 40.1 Å². The lowest BCUT2D eigenvalue weighted by molar-refractivity contribution is 0.103. The monoisotopic (exact) mass is 370 g/mol. The van der Waals surface area contributed by atoms with E-state index < -0.39 is 11.2 Å². The zero-order valence-electron chi connectivity index (χ0n) is 10.4. The standard InChI is InChI=1S/C13H11IN2O3/c1-15-7-9(12(18)16(2)13(15)19)11(17)8-5-3-4-6-10(8)14/h3-7H,1-2H3. The summed E-state index contributed by atoms with van der Waals surface area (Å²) in [4.78, 5) is 35.9. The first kappa shape index (κ1) is 13.7. The summed E-state index contributed by atoms with van der Waals surface area (Å²) in [5, 5.41) is 0. The largest absolute Gasteiger partial charge is 0.330 e. The van der Waals surface area contributed by atoms with Gasteiger partial charge in [-0.25, -0.2) is 4.79 Å². The second-order valence-corrected chi connectivity index (χ2v) is 5.27. The van der Waals surface area contributed by atoms with Crippen LogP contribution in [0.1, 0.15) is 15.9 Å². The molecule has 0 amide bonds. The van der Waals surface area contributed by atoms with E-state index in [9.17, 15) is 14.4 Å². The van der Waals surface area contributed by atoms with Gasteiger partial charge in [0.15, 0.2) is 0 Å². The molecular weight excluding hydrogens is 359 g/mol. The molecule has 1 aromatic carbocycles.